The number of rotatable bonds is 2. The molecule has 1 aromatic rings. The van der Waals surface area contributed by atoms with Crippen LogP contribution in [0.15, 0.2) is 0 Å². The summed E-state index contributed by atoms with van der Waals surface area (Å²) >= 11 is 5.76. The lowest BCUT2D eigenvalue weighted by atomic mass is 9.84. The van der Waals surface area contributed by atoms with Gasteiger partial charge in [0.05, 0.1) is 0 Å². The van der Waals surface area contributed by atoms with Gasteiger partial charge in [0.15, 0.2) is 28.4 Å². The number of anilines is 2. The molecule has 0 aromatic carbocycles. The van der Waals surface area contributed by atoms with Gasteiger partial charge >= 0.3 is 0 Å². The van der Waals surface area contributed by atoms with Crippen molar-refractivity contribution < 1.29 is 4.79 Å². The molecule has 3 aliphatic rings. The maximum absolute atomic E-state index is 12.2. The standard InChI is InChI=1S/C13H19ClN8O/c14-9-11(16)20-10(15)8(19-9)12(23)21-13(17)18-7-5-22-3-1-6(7)2-4-22/h6-7H,1-5H2,(H4,15,16,20)(H3,17,18,21,23)/t7-/m0/s1. The first-order valence-corrected chi connectivity index (χ1v) is 7.79. The molecule has 1 amide bonds. The Hall–Kier alpha value is -2.13. The van der Waals surface area contributed by atoms with Crippen molar-refractivity contribution in [3.05, 3.63) is 10.8 Å². The van der Waals surface area contributed by atoms with Crippen LogP contribution in [0, 0.1) is 11.3 Å². The topological polar surface area (TPSA) is 146 Å². The molecule has 2 bridgehead atoms. The highest BCUT2D eigenvalue weighted by Gasteiger charge is 2.34. The number of piperidine rings is 3. The summed E-state index contributed by atoms with van der Waals surface area (Å²) in [5.41, 5.74) is 11.0. The largest absolute Gasteiger partial charge is 0.382 e. The summed E-state index contributed by atoms with van der Waals surface area (Å²) in [7, 11) is 0. The number of nitrogens with two attached hydrogens (primary N) is 2. The molecule has 4 heterocycles. The van der Waals surface area contributed by atoms with Gasteiger partial charge in [0.1, 0.15) is 0 Å². The molecule has 10 heteroatoms. The van der Waals surface area contributed by atoms with Crippen molar-refractivity contribution in [2.75, 3.05) is 31.1 Å². The van der Waals surface area contributed by atoms with Gasteiger partial charge in [0.25, 0.3) is 5.91 Å². The number of hydrogen-bond donors (Lipinski definition) is 5. The third-order valence-corrected chi connectivity index (χ3v) is 4.62. The molecular formula is C13H19ClN8O. The molecular weight excluding hydrogens is 320 g/mol. The van der Waals surface area contributed by atoms with E-state index in [1.807, 2.05) is 0 Å². The number of fused-ring (bicyclic) bond motifs is 3. The van der Waals surface area contributed by atoms with Gasteiger partial charge < -0.3 is 21.7 Å². The van der Waals surface area contributed by atoms with Gasteiger partial charge in [-0.1, -0.05) is 11.6 Å². The zero-order chi connectivity index (χ0) is 16.6. The Kier molecular flexibility index (Phi) is 4.22. The monoisotopic (exact) mass is 338 g/mol. The molecule has 3 saturated heterocycles. The van der Waals surface area contributed by atoms with E-state index in [2.05, 4.69) is 25.5 Å². The van der Waals surface area contributed by atoms with Gasteiger partial charge in [-0.3, -0.25) is 15.5 Å². The van der Waals surface area contributed by atoms with Gasteiger partial charge in [-0.25, -0.2) is 9.97 Å². The summed E-state index contributed by atoms with van der Waals surface area (Å²) in [5.74, 6) is -0.354. The van der Waals surface area contributed by atoms with Crippen molar-refractivity contribution in [2.45, 2.75) is 18.9 Å². The molecule has 124 valence electrons. The minimum Gasteiger partial charge on any atom is -0.382 e. The summed E-state index contributed by atoms with van der Waals surface area (Å²) in [4.78, 5) is 22.1. The summed E-state index contributed by atoms with van der Waals surface area (Å²) in [6, 6.07) is 0.170. The zero-order valence-electron chi connectivity index (χ0n) is 12.5. The number of nitrogens with zero attached hydrogens (tertiary/aromatic N) is 3. The molecule has 1 atom stereocenters. The molecule has 1 aromatic heterocycles. The summed E-state index contributed by atoms with van der Waals surface area (Å²) in [6.45, 7) is 3.11. The van der Waals surface area contributed by atoms with Crippen molar-refractivity contribution in [3.63, 3.8) is 0 Å². The molecule has 0 spiro atoms. The van der Waals surface area contributed by atoms with E-state index in [-0.39, 0.29) is 34.5 Å². The van der Waals surface area contributed by atoms with Crippen LogP contribution in [-0.4, -0.2) is 52.4 Å². The van der Waals surface area contributed by atoms with Crippen molar-refractivity contribution >= 4 is 35.1 Å². The summed E-state index contributed by atoms with van der Waals surface area (Å²) in [5, 5.41) is 13.3. The van der Waals surface area contributed by atoms with E-state index >= 15 is 0 Å². The molecule has 0 unspecified atom stereocenters. The number of halogens is 1. The van der Waals surface area contributed by atoms with Crippen LogP contribution in [0.3, 0.4) is 0 Å². The average Bonchev–Trinajstić information content (AvgIpc) is 2.51. The van der Waals surface area contributed by atoms with Crippen LogP contribution in [0.5, 0.6) is 0 Å². The van der Waals surface area contributed by atoms with Gasteiger partial charge in [0.2, 0.25) is 0 Å². The maximum atomic E-state index is 12.2. The SMILES string of the molecule is N=C(NC(=O)c1nc(Cl)c(N)nc1N)N[C@H]1CN2CCC1CC2. The van der Waals surface area contributed by atoms with Crippen LogP contribution < -0.4 is 22.1 Å². The number of aromatic nitrogens is 2. The highest BCUT2D eigenvalue weighted by atomic mass is 35.5. The van der Waals surface area contributed by atoms with E-state index in [4.69, 9.17) is 28.5 Å². The van der Waals surface area contributed by atoms with E-state index in [1.54, 1.807) is 0 Å². The van der Waals surface area contributed by atoms with Crippen molar-refractivity contribution in [1.82, 2.24) is 25.5 Å². The van der Waals surface area contributed by atoms with E-state index in [0.29, 0.717) is 5.92 Å². The molecule has 0 aliphatic carbocycles. The van der Waals surface area contributed by atoms with E-state index in [0.717, 1.165) is 32.5 Å². The second-order valence-corrected chi connectivity index (χ2v) is 6.21. The second-order valence-electron chi connectivity index (χ2n) is 5.85. The van der Waals surface area contributed by atoms with Crippen LogP contribution in [0.4, 0.5) is 11.6 Å². The number of nitrogen functional groups attached to an aromatic ring is 2. The molecule has 3 fully saturated rings. The Bertz CT molecular complexity index is 643. The van der Waals surface area contributed by atoms with Gasteiger partial charge in [-0.2, -0.15) is 0 Å². The smallest absolute Gasteiger partial charge is 0.280 e. The fourth-order valence-electron chi connectivity index (χ4n) is 3.13. The predicted molar refractivity (Wildman–Crippen MR) is 87.1 cm³/mol. The third-order valence-electron chi connectivity index (χ3n) is 4.34. The summed E-state index contributed by atoms with van der Waals surface area (Å²) in [6.07, 6.45) is 2.23. The molecule has 7 N–H and O–H groups in total. The lowest BCUT2D eigenvalue weighted by Gasteiger charge is -2.45. The molecule has 23 heavy (non-hydrogen) atoms. The first kappa shape index (κ1) is 15.8. The van der Waals surface area contributed by atoms with Gasteiger partial charge in [-0.15, -0.1) is 0 Å². The Morgan fingerprint density at radius 1 is 1.26 bits per heavy atom. The molecule has 0 radical (unpaired) electrons. The maximum Gasteiger partial charge on any atom is 0.280 e. The summed E-state index contributed by atoms with van der Waals surface area (Å²) < 4.78 is 0. The molecule has 4 rings (SSSR count). The van der Waals surface area contributed by atoms with Crippen LogP contribution in [-0.2, 0) is 0 Å². The van der Waals surface area contributed by atoms with Crippen molar-refractivity contribution in [2.24, 2.45) is 5.92 Å². The van der Waals surface area contributed by atoms with Crippen LogP contribution in [0.2, 0.25) is 5.15 Å². The molecule has 0 saturated carbocycles. The number of carbonyl (C=O) groups excluding carboxylic acids is 1. The molecule has 9 nitrogen and oxygen atoms in total. The predicted octanol–water partition coefficient (Wildman–Crippen LogP) is -0.357. The normalized spacial score (nSPS) is 25.9. The second kappa shape index (κ2) is 6.17. The van der Waals surface area contributed by atoms with Crippen LogP contribution in [0.25, 0.3) is 0 Å². The molecule has 3 aliphatic heterocycles. The fourth-order valence-corrected chi connectivity index (χ4v) is 3.26. The number of guanidine groups is 1. The lowest BCUT2D eigenvalue weighted by molar-refractivity contribution is 0.0802. The van der Waals surface area contributed by atoms with E-state index in [9.17, 15) is 4.79 Å². The number of hydrogen-bond acceptors (Lipinski definition) is 7. The van der Waals surface area contributed by atoms with Gasteiger partial charge in [-0.05, 0) is 31.8 Å². The minimum absolute atomic E-state index is 0.0406. The Morgan fingerprint density at radius 2 is 1.96 bits per heavy atom. The third kappa shape index (κ3) is 3.30. The Balaban J connectivity index is 1.62. The number of carbonyl (C=O) groups is 1. The number of nitrogens with one attached hydrogen (secondary N) is 3. The lowest BCUT2D eigenvalue weighted by Crippen LogP contribution is -2.59. The van der Waals surface area contributed by atoms with Crippen molar-refractivity contribution in [3.8, 4) is 0 Å². The van der Waals surface area contributed by atoms with Crippen molar-refractivity contribution in [1.29, 1.82) is 5.41 Å². The minimum atomic E-state index is -0.643. The quantitative estimate of drug-likeness (QED) is 0.365. The van der Waals surface area contributed by atoms with E-state index in [1.165, 1.54) is 0 Å². The Labute approximate surface area is 138 Å². The van der Waals surface area contributed by atoms with Crippen LogP contribution >= 0.6 is 11.6 Å². The number of amides is 1. The van der Waals surface area contributed by atoms with E-state index < -0.39 is 5.91 Å². The Morgan fingerprint density at radius 3 is 2.57 bits per heavy atom. The first-order valence-electron chi connectivity index (χ1n) is 7.41. The highest BCUT2D eigenvalue weighted by molar-refractivity contribution is 6.31. The highest BCUT2D eigenvalue weighted by Crippen LogP contribution is 2.27. The first-order chi connectivity index (χ1) is 10.9. The van der Waals surface area contributed by atoms with Crippen LogP contribution in [0.1, 0.15) is 23.3 Å². The van der Waals surface area contributed by atoms with Gasteiger partial charge in [0, 0.05) is 12.6 Å². The fraction of sp³-hybridized carbons (Fsp3) is 0.538. The average molecular weight is 339 g/mol. The zero-order valence-corrected chi connectivity index (χ0v) is 13.2.